The summed E-state index contributed by atoms with van der Waals surface area (Å²) in [5.74, 6) is 0.362. The maximum absolute atomic E-state index is 5.48. The molecule has 2 N–H and O–H groups in total. The highest BCUT2D eigenvalue weighted by Crippen LogP contribution is 2.11. The van der Waals surface area contributed by atoms with Gasteiger partial charge in [-0.2, -0.15) is 5.10 Å². The van der Waals surface area contributed by atoms with Gasteiger partial charge < -0.3 is 5.73 Å². The van der Waals surface area contributed by atoms with Crippen molar-refractivity contribution in [3.05, 3.63) is 35.9 Å². The molecule has 82 valence electrons. The molecule has 0 aliphatic rings. The van der Waals surface area contributed by atoms with Crippen LogP contribution in [-0.4, -0.2) is 26.5 Å². The molecule has 1 aromatic heterocycles. The van der Waals surface area contributed by atoms with E-state index in [2.05, 4.69) is 20.6 Å². The van der Waals surface area contributed by atoms with E-state index in [0.717, 1.165) is 0 Å². The van der Waals surface area contributed by atoms with Gasteiger partial charge in [-0.3, -0.25) is 0 Å². The van der Waals surface area contributed by atoms with Crippen LogP contribution in [0.1, 0.15) is 18.4 Å². The quantitative estimate of drug-likeness (QED) is 0.772. The first kappa shape index (κ1) is 10.3. The van der Waals surface area contributed by atoms with Crippen molar-refractivity contribution in [1.82, 2.24) is 20.3 Å². The van der Waals surface area contributed by atoms with Gasteiger partial charge in [-0.15, -0.1) is 0 Å². The molecule has 6 nitrogen and oxygen atoms in total. The molecule has 0 fully saturated rings. The topological polar surface area (TPSA) is 82.0 Å². The number of benzene rings is 1. The van der Waals surface area contributed by atoms with Crippen molar-refractivity contribution in [2.75, 3.05) is 5.73 Å². The van der Waals surface area contributed by atoms with E-state index in [1.807, 2.05) is 37.3 Å². The average Bonchev–Trinajstić information content (AvgIpc) is 2.73. The van der Waals surface area contributed by atoms with Crippen molar-refractivity contribution < 1.29 is 0 Å². The highest BCUT2D eigenvalue weighted by molar-refractivity contribution is 5.67. The van der Waals surface area contributed by atoms with Gasteiger partial charge in [0, 0.05) is 12.1 Å². The van der Waals surface area contributed by atoms with E-state index >= 15 is 0 Å². The zero-order chi connectivity index (χ0) is 11.4. The van der Waals surface area contributed by atoms with Gasteiger partial charge in [-0.1, -0.05) is 47.1 Å². The van der Waals surface area contributed by atoms with E-state index in [1.54, 1.807) is 6.21 Å². The molecule has 0 spiro atoms. The maximum Gasteiger partial charge on any atom is 0.263 e. The SMILES string of the molecule is CC(C=Nn1nnnc1N)c1ccccc1. The Kier molecular flexibility index (Phi) is 2.90. The lowest BCUT2D eigenvalue weighted by molar-refractivity contribution is 0.695. The van der Waals surface area contributed by atoms with Crippen molar-refractivity contribution in [2.24, 2.45) is 5.10 Å². The summed E-state index contributed by atoms with van der Waals surface area (Å²) in [7, 11) is 0. The molecule has 0 aliphatic heterocycles. The number of rotatable bonds is 3. The van der Waals surface area contributed by atoms with E-state index in [-0.39, 0.29) is 11.9 Å². The number of nitrogens with two attached hydrogens (primary N) is 1. The maximum atomic E-state index is 5.48. The average molecular weight is 216 g/mol. The van der Waals surface area contributed by atoms with Crippen LogP contribution in [0.25, 0.3) is 0 Å². The highest BCUT2D eigenvalue weighted by atomic mass is 15.7. The van der Waals surface area contributed by atoms with Crippen LogP contribution >= 0.6 is 0 Å². The Bertz CT molecular complexity index is 475. The van der Waals surface area contributed by atoms with Gasteiger partial charge in [0.25, 0.3) is 5.95 Å². The van der Waals surface area contributed by atoms with E-state index in [9.17, 15) is 0 Å². The van der Waals surface area contributed by atoms with Crippen LogP contribution in [0.4, 0.5) is 5.95 Å². The number of nitrogens with zero attached hydrogens (tertiary/aromatic N) is 5. The van der Waals surface area contributed by atoms with E-state index in [0.29, 0.717) is 0 Å². The van der Waals surface area contributed by atoms with E-state index in [4.69, 9.17) is 5.73 Å². The summed E-state index contributed by atoms with van der Waals surface area (Å²) in [6.45, 7) is 2.04. The second-order valence-electron chi connectivity index (χ2n) is 3.39. The molecule has 1 atom stereocenters. The molecule has 0 radical (unpaired) electrons. The lowest BCUT2D eigenvalue weighted by atomic mass is 10.0. The zero-order valence-electron chi connectivity index (χ0n) is 8.85. The summed E-state index contributed by atoms with van der Waals surface area (Å²) in [6, 6.07) is 10.0. The summed E-state index contributed by atoms with van der Waals surface area (Å²) >= 11 is 0. The fraction of sp³-hybridized carbons (Fsp3) is 0.200. The molecule has 16 heavy (non-hydrogen) atoms. The minimum atomic E-state index is 0.177. The Morgan fingerprint density at radius 1 is 1.38 bits per heavy atom. The van der Waals surface area contributed by atoms with Crippen molar-refractivity contribution in [1.29, 1.82) is 0 Å². The lowest BCUT2D eigenvalue weighted by Gasteiger charge is -2.04. The third kappa shape index (κ3) is 2.22. The zero-order valence-corrected chi connectivity index (χ0v) is 8.85. The van der Waals surface area contributed by atoms with Gasteiger partial charge in [0.15, 0.2) is 0 Å². The molecule has 2 rings (SSSR count). The Morgan fingerprint density at radius 2 is 2.12 bits per heavy atom. The highest BCUT2D eigenvalue weighted by Gasteiger charge is 2.02. The van der Waals surface area contributed by atoms with Crippen LogP contribution in [0.2, 0.25) is 0 Å². The second-order valence-corrected chi connectivity index (χ2v) is 3.39. The molecule has 0 aliphatic carbocycles. The molecular weight excluding hydrogens is 204 g/mol. The van der Waals surface area contributed by atoms with Crippen molar-refractivity contribution >= 4 is 12.2 Å². The Hall–Kier alpha value is -2.24. The Balaban J connectivity index is 2.11. The molecule has 0 amide bonds. The largest absolute Gasteiger partial charge is 0.365 e. The van der Waals surface area contributed by atoms with Crippen molar-refractivity contribution in [3.8, 4) is 0 Å². The predicted molar refractivity (Wildman–Crippen MR) is 61.0 cm³/mol. The fourth-order valence-electron chi connectivity index (χ4n) is 1.28. The number of anilines is 1. The Labute approximate surface area is 92.8 Å². The summed E-state index contributed by atoms with van der Waals surface area (Å²) in [4.78, 5) is 1.19. The van der Waals surface area contributed by atoms with Crippen LogP contribution in [0.15, 0.2) is 35.4 Å². The van der Waals surface area contributed by atoms with Gasteiger partial charge in [0.05, 0.1) is 0 Å². The standard InChI is InChI=1S/C10H12N6/c1-8(9-5-3-2-4-6-9)7-12-16-10(11)13-14-15-16/h2-8H,1H3,(H2,11,13,15). The first-order chi connectivity index (χ1) is 7.77. The summed E-state index contributed by atoms with van der Waals surface area (Å²) in [5.41, 5.74) is 6.66. The van der Waals surface area contributed by atoms with Crippen LogP contribution in [0.3, 0.4) is 0 Å². The van der Waals surface area contributed by atoms with Crippen molar-refractivity contribution in [2.45, 2.75) is 12.8 Å². The monoisotopic (exact) mass is 216 g/mol. The van der Waals surface area contributed by atoms with Crippen LogP contribution in [0, 0.1) is 0 Å². The smallest absolute Gasteiger partial charge is 0.263 e. The minimum Gasteiger partial charge on any atom is -0.365 e. The molecule has 6 heteroatoms. The third-order valence-corrected chi connectivity index (χ3v) is 2.20. The van der Waals surface area contributed by atoms with Crippen LogP contribution in [-0.2, 0) is 0 Å². The van der Waals surface area contributed by atoms with Crippen LogP contribution < -0.4 is 5.73 Å². The molecule has 1 unspecified atom stereocenters. The number of hydrogen-bond donors (Lipinski definition) is 1. The van der Waals surface area contributed by atoms with E-state index < -0.39 is 0 Å². The summed E-state index contributed by atoms with van der Waals surface area (Å²) in [5, 5.41) is 14.6. The minimum absolute atomic E-state index is 0.177. The van der Waals surface area contributed by atoms with Crippen LogP contribution in [0.5, 0.6) is 0 Å². The number of hydrogen-bond acceptors (Lipinski definition) is 5. The molecule has 1 heterocycles. The lowest BCUT2D eigenvalue weighted by Crippen LogP contribution is -2.02. The van der Waals surface area contributed by atoms with Gasteiger partial charge >= 0.3 is 0 Å². The molecule has 2 aromatic rings. The van der Waals surface area contributed by atoms with Gasteiger partial charge in [0.2, 0.25) is 0 Å². The molecule has 1 aromatic carbocycles. The fourth-order valence-corrected chi connectivity index (χ4v) is 1.28. The van der Waals surface area contributed by atoms with E-state index in [1.165, 1.54) is 10.4 Å². The summed E-state index contributed by atoms with van der Waals surface area (Å²) in [6.07, 6.45) is 1.75. The first-order valence-corrected chi connectivity index (χ1v) is 4.90. The first-order valence-electron chi connectivity index (χ1n) is 4.90. The number of aromatic nitrogens is 4. The molecule has 0 saturated heterocycles. The van der Waals surface area contributed by atoms with Gasteiger partial charge in [0.1, 0.15) is 0 Å². The third-order valence-electron chi connectivity index (χ3n) is 2.20. The molecule has 0 saturated carbocycles. The summed E-state index contributed by atoms with van der Waals surface area (Å²) < 4.78 is 0. The van der Waals surface area contributed by atoms with Crippen molar-refractivity contribution in [3.63, 3.8) is 0 Å². The Morgan fingerprint density at radius 3 is 2.75 bits per heavy atom. The second kappa shape index (κ2) is 4.52. The van der Waals surface area contributed by atoms with Gasteiger partial charge in [-0.05, 0) is 16.0 Å². The predicted octanol–water partition coefficient (Wildman–Crippen LogP) is 0.893. The number of tetrazole rings is 1. The van der Waals surface area contributed by atoms with Gasteiger partial charge in [-0.25, -0.2) is 0 Å². The normalized spacial score (nSPS) is 13.1. The molecular formula is C10H12N6. The molecule has 0 bridgehead atoms. The number of nitrogen functional groups attached to an aromatic ring is 1.